The Morgan fingerprint density at radius 3 is 2.45 bits per heavy atom. The monoisotopic (exact) mass is 446 g/mol. The number of furan rings is 1. The highest BCUT2D eigenvalue weighted by molar-refractivity contribution is 5.70. The Labute approximate surface area is 196 Å². The number of nitrogens with zero attached hydrogens (tertiary/aromatic N) is 1. The number of aryl methyl sites for hydroxylation is 1. The molecule has 1 fully saturated rings. The second-order valence-corrected chi connectivity index (χ2v) is 9.48. The third-order valence-electron chi connectivity index (χ3n) is 6.85. The largest absolute Gasteiger partial charge is 0.430 e. The molecule has 3 aromatic rings. The van der Waals surface area contributed by atoms with E-state index in [0.717, 1.165) is 43.4 Å². The zero-order valence-corrected chi connectivity index (χ0v) is 19.8. The summed E-state index contributed by atoms with van der Waals surface area (Å²) in [7, 11) is 4.34. The van der Waals surface area contributed by atoms with Gasteiger partial charge in [0.2, 0.25) is 0 Å². The molecular formula is C28H34N2O3. The van der Waals surface area contributed by atoms with Crippen LogP contribution in [0.4, 0.5) is 4.79 Å². The van der Waals surface area contributed by atoms with Gasteiger partial charge in [0, 0.05) is 24.1 Å². The lowest BCUT2D eigenvalue weighted by atomic mass is 9.74. The molecular weight excluding hydrogens is 412 g/mol. The average Bonchev–Trinajstić information content (AvgIpc) is 3.22. The van der Waals surface area contributed by atoms with Gasteiger partial charge in [-0.25, -0.2) is 4.79 Å². The molecule has 1 heterocycles. The highest BCUT2D eigenvalue weighted by Crippen LogP contribution is 2.35. The molecule has 2 aromatic carbocycles. The van der Waals surface area contributed by atoms with Crippen LogP contribution in [0.1, 0.15) is 48.1 Å². The summed E-state index contributed by atoms with van der Waals surface area (Å²) in [6.45, 7) is 2.14. The lowest BCUT2D eigenvalue weighted by Crippen LogP contribution is -2.52. The highest BCUT2D eigenvalue weighted by atomic mass is 16.6. The number of carbonyl (C=O) groups is 1. The number of likely N-dealkylation sites (N-methyl/N-ethyl adjacent to an activating group) is 1. The van der Waals surface area contributed by atoms with Crippen LogP contribution in [0.15, 0.2) is 71.1 Å². The predicted molar refractivity (Wildman–Crippen MR) is 131 cm³/mol. The number of benzene rings is 2. The molecule has 174 valence electrons. The first kappa shape index (κ1) is 23.1. The van der Waals surface area contributed by atoms with Gasteiger partial charge in [-0.1, -0.05) is 60.2 Å². The fourth-order valence-corrected chi connectivity index (χ4v) is 4.88. The molecule has 0 saturated heterocycles. The summed E-state index contributed by atoms with van der Waals surface area (Å²) in [5.74, 6) is 1.00. The molecule has 1 aromatic heterocycles. The molecule has 1 aliphatic carbocycles. The zero-order valence-electron chi connectivity index (χ0n) is 19.8. The molecule has 1 amide bonds. The molecule has 4 rings (SSSR count). The van der Waals surface area contributed by atoms with Crippen LogP contribution in [0.3, 0.4) is 0 Å². The Hall–Kier alpha value is -3.05. The Morgan fingerprint density at radius 2 is 1.76 bits per heavy atom. The van der Waals surface area contributed by atoms with Gasteiger partial charge in [-0.05, 0) is 70.3 Å². The van der Waals surface area contributed by atoms with Gasteiger partial charge in [0.05, 0.1) is 0 Å². The molecule has 0 aliphatic heterocycles. The van der Waals surface area contributed by atoms with E-state index in [1.807, 2.05) is 36.4 Å². The van der Waals surface area contributed by atoms with Gasteiger partial charge in [0.25, 0.3) is 5.95 Å². The zero-order chi connectivity index (χ0) is 23.3. The first-order valence-corrected chi connectivity index (χ1v) is 11.8. The van der Waals surface area contributed by atoms with E-state index >= 15 is 0 Å². The molecule has 0 atom stereocenters. The van der Waals surface area contributed by atoms with Crippen molar-refractivity contribution in [1.29, 1.82) is 0 Å². The van der Waals surface area contributed by atoms with Crippen LogP contribution in [0.5, 0.6) is 5.95 Å². The highest BCUT2D eigenvalue weighted by Gasteiger charge is 2.37. The first-order valence-electron chi connectivity index (χ1n) is 11.8. The van der Waals surface area contributed by atoms with Crippen LogP contribution in [0.2, 0.25) is 0 Å². The van der Waals surface area contributed by atoms with Gasteiger partial charge < -0.3 is 19.4 Å². The van der Waals surface area contributed by atoms with Gasteiger partial charge in [-0.2, -0.15) is 0 Å². The van der Waals surface area contributed by atoms with Gasteiger partial charge >= 0.3 is 6.09 Å². The Bertz CT molecular complexity index is 1050. The second kappa shape index (κ2) is 10.3. The third-order valence-corrected chi connectivity index (χ3v) is 6.85. The Balaban J connectivity index is 1.29. The summed E-state index contributed by atoms with van der Waals surface area (Å²) < 4.78 is 11.1. The van der Waals surface area contributed by atoms with Crippen molar-refractivity contribution in [3.05, 3.63) is 89.2 Å². The van der Waals surface area contributed by atoms with Crippen LogP contribution in [-0.4, -0.2) is 36.7 Å². The van der Waals surface area contributed by atoms with E-state index in [1.165, 1.54) is 11.1 Å². The molecule has 5 nitrogen and oxygen atoms in total. The van der Waals surface area contributed by atoms with Crippen molar-refractivity contribution < 1.29 is 13.9 Å². The summed E-state index contributed by atoms with van der Waals surface area (Å²) in [4.78, 5) is 14.8. The molecule has 1 N–H and O–H groups in total. The Morgan fingerprint density at radius 1 is 1.03 bits per heavy atom. The van der Waals surface area contributed by atoms with Crippen LogP contribution in [0, 0.1) is 6.92 Å². The molecule has 33 heavy (non-hydrogen) atoms. The maximum atomic E-state index is 12.5. The fraction of sp³-hybridized carbons (Fsp3) is 0.393. The van der Waals surface area contributed by atoms with Crippen LogP contribution >= 0.6 is 0 Å². The number of ether oxygens (including phenoxy) is 1. The van der Waals surface area contributed by atoms with Gasteiger partial charge in [-0.15, -0.1) is 0 Å². The molecule has 0 radical (unpaired) electrons. The standard InChI is InChI=1S/C28H34N2O3/c1-21-8-7-11-23(18-21)20-28(30(2)3)16-14-24(15-17-28)29-27(31)33-26-13-12-25(32-26)19-22-9-5-4-6-10-22/h4-13,18,24H,14-17,19-20H2,1-3H3,(H,29,31). The Kier molecular flexibility index (Phi) is 7.19. The van der Waals surface area contributed by atoms with E-state index in [-0.39, 0.29) is 17.5 Å². The number of carbonyl (C=O) groups excluding carboxylic acids is 1. The molecule has 1 aliphatic rings. The number of hydrogen-bond donors (Lipinski definition) is 1. The minimum Gasteiger partial charge on any atom is -0.430 e. The quantitative estimate of drug-likeness (QED) is 0.502. The predicted octanol–water partition coefficient (Wildman–Crippen LogP) is 5.75. The topological polar surface area (TPSA) is 54.7 Å². The first-order chi connectivity index (χ1) is 15.9. The smallest absolute Gasteiger partial charge is 0.415 e. The summed E-state index contributed by atoms with van der Waals surface area (Å²) >= 11 is 0. The molecule has 5 heteroatoms. The van der Waals surface area contributed by atoms with Gasteiger partial charge in [0.15, 0.2) is 0 Å². The number of rotatable bonds is 7. The van der Waals surface area contributed by atoms with Gasteiger partial charge in [-0.3, -0.25) is 0 Å². The minimum atomic E-state index is -0.448. The number of nitrogens with one attached hydrogen (secondary N) is 1. The molecule has 1 saturated carbocycles. The van der Waals surface area contributed by atoms with Crippen molar-refractivity contribution in [2.45, 2.75) is 57.0 Å². The van der Waals surface area contributed by atoms with Crippen LogP contribution in [-0.2, 0) is 12.8 Å². The van der Waals surface area contributed by atoms with Crippen molar-refractivity contribution >= 4 is 6.09 Å². The van der Waals surface area contributed by atoms with Crippen molar-refractivity contribution in [3.8, 4) is 5.95 Å². The van der Waals surface area contributed by atoms with E-state index in [4.69, 9.17) is 9.15 Å². The maximum Gasteiger partial charge on any atom is 0.415 e. The van der Waals surface area contributed by atoms with E-state index in [2.05, 4.69) is 55.5 Å². The summed E-state index contributed by atoms with van der Waals surface area (Å²) in [6.07, 6.45) is 5.16. The maximum absolute atomic E-state index is 12.5. The number of hydrogen-bond acceptors (Lipinski definition) is 4. The third kappa shape index (κ3) is 6.05. The van der Waals surface area contributed by atoms with E-state index in [0.29, 0.717) is 6.42 Å². The van der Waals surface area contributed by atoms with Crippen molar-refractivity contribution in [2.75, 3.05) is 14.1 Å². The average molecular weight is 447 g/mol. The summed E-state index contributed by atoms with van der Waals surface area (Å²) in [6, 6.07) is 22.5. The second-order valence-electron chi connectivity index (χ2n) is 9.48. The van der Waals surface area contributed by atoms with E-state index in [9.17, 15) is 4.79 Å². The summed E-state index contributed by atoms with van der Waals surface area (Å²) in [5.41, 5.74) is 3.94. The van der Waals surface area contributed by atoms with Crippen LogP contribution < -0.4 is 10.1 Å². The molecule has 0 spiro atoms. The SMILES string of the molecule is Cc1cccc(CC2(N(C)C)CCC(NC(=O)Oc3ccc(Cc4ccccc4)o3)CC2)c1. The van der Waals surface area contributed by atoms with Crippen molar-refractivity contribution in [3.63, 3.8) is 0 Å². The van der Waals surface area contributed by atoms with Crippen molar-refractivity contribution in [2.24, 2.45) is 0 Å². The molecule has 0 unspecified atom stereocenters. The van der Waals surface area contributed by atoms with E-state index < -0.39 is 6.09 Å². The van der Waals surface area contributed by atoms with Crippen molar-refractivity contribution in [1.82, 2.24) is 10.2 Å². The lowest BCUT2D eigenvalue weighted by Gasteiger charge is -2.45. The fourth-order valence-electron chi connectivity index (χ4n) is 4.88. The number of amides is 1. The summed E-state index contributed by atoms with van der Waals surface area (Å²) in [5, 5.41) is 3.04. The van der Waals surface area contributed by atoms with Gasteiger partial charge in [0.1, 0.15) is 5.76 Å². The molecule has 0 bridgehead atoms. The van der Waals surface area contributed by atoms with E-state index in [1.54, 1.807) is 6.07 Å². The van der Waals surface area contributed by atoms with Crippen LogP contribution in [0.25, 0.3) is 0 Å². The lowest BCUT2D eigenvalue weighted by molar-refractivity contribution is 0.0863. The minimum absolute atomic E-state index is 0.113. The normalized spacial score (nSPS) is 20.5.